The summed E-state index contributed by atoms with van der Waals surface area (Å²) in [5.74, 6) is 0.233. The van der Waals surface area contributed by atoms with Gasteiger partial charge in [-0.3, -0.25) is 4.79 Å². The molecule has 0 unspecified atom stereocenters. The van der Waals surface area contributed by atoms with Crippen LogP contribution in [0.25, 0.3) is 0 Å². The number of likely N-dealkylation sites (tertiary alicyclic amines) is 1. The molecule has 1 aliphatic heterocycles. The molecular weight excluding hydrogens is 310 g/mol. The zero-order valence-corrected chi connectivity index (χ0v) is 14.0. The Morgan fingerprint density at radius 1 is 1.35 bits per heavy atom. The largest absolute Gasteiger partial charge is 0.388 e. The highest BCUT2D eigenvalue weighted by Crippen LogP contribution is 2.31. The summed E-state index contributed by atoms with van der Waals surface area (Å²) in [5, 5.41) is 14.5. The van der Waals surface area contributed by atoms with E-state index in [-0.39, 0.29) is 11.8 Å². The van der Waals surface area contributed by atoms with Crippen LogP contribution in [0.15, 0.2) is 30.3 Å². The quantitative estimate of drug-likeness (QED) is 0.935. The lowest BCUT2D eigenvalue weighted by Crippen LogP contribution is -2.39. The molecule has 1 atom stereocenters. The third-order valence-corrected chi connectivity index (χ3v) is 5.26. The van der Waals surface area contributed by atoms with Crippen molar-refractivity contribution in [3.8, 4) is 0 Å². The molecule has 0 bridgehead atoms. The summed E-state index contributed by atoms with van der Waals surface area (Å²) < 4.78 is 3.90. The van der Waals surface area contributed by atoms with E-state index in [0.717, 1.165) is 30.5 Å². The Morgan fingerprint density at radius 3 is 2.70 bits per heavy atom. The predicted octanol–water partition coefficient (Wildman–Crippen LogP) is 2.69. The summed E-state index contributed by atoms with van der Waals surface area (Å²) in [4.78, 5) is 15.1. The van der Waals surface area contributed by atoms with E-state index in [4.69, 9.17) is 0 Å². The van der Waals surface area contributed by atoms with Gasteiger partial charge in [-0.25, -0.2) is 0 Å². The average molecular weight is 331 g/mol. The van der Waals surface area contributed by atoms with Gasteiger partial charge in [0, 0.05) is 13.1 Å². The van der Waals surface area contributed by atoms with E-state index in [9.17, 15) is 9.90 Å². The standard InChI is InChI=1S/C17H21N3O2S/c1-2-14-16(23-19-18-14)17(22)20-10-8-13(9-11-20)15(21)12-6-4-3-5-7-12/h3-7,13,15,21H,2,8-11H2,1H3/t15-/m0/s1. The fraction of sp³-hybridized carbons (Fsp3) is 0.471. The molecule has 1 N–H and O–H groups in total. The number of aliphatic hydroxyl groups excluding tert-OH is 1. The maximum atomic E-state index is 12.6. The number of benzene rings is 1. The number of amides is 1. The highest BCUT2D eigenvalue weighted by molar-refractivity contribution is 7.08. The Morgan fingerprint density at radius 2 is 2.04 bits per heavy atom. The van der Waals surface area contributed by atoms with Crippen LogP contribution >= 0.6 is 11.5 Å². The fourth-order valence-corrected chi connectivity index (χ4v) is 3.81. The lowest BCUT2D eigenvalue weighted by Gasteiger charge is -2.34. The number of rotatable bonds is 4. The Balaban J connectivity index is 1.61. The van der Waals surface area contributed by atoms with Crippen molar-refractivity contribution in [1.82, 2.24) is 14.5 Å². The van der Waals surface area contributed by atoms with Crippen LogP contribution in [0.5, 0.6) is 0 Å². The molecule has 1 aliphatic rings. The molecule has 1 aromatic heterocycles. The van der Waals surface area contributed by atoms with Crippen LogP contribution in [-0.2, 0) is 6.42 Å². The molecule has 23 heavy (non-hydrogen) atoms. The van der Waals surface area contributed by atoms with Crippen molar-refractivity contribution in [3.63, 3.8) is 0 Å². The molecule has 1 saturated heterocycles. The van der Waals surface area contributed by atoms with Crippen molar-refractivity contribution >= 4 is 17.4 Å². The van der Waals surface area contributed by atoms with Crippen molar-refractivity contribution < 1.29 is 9.90 Å². The number of carbonyl (C=O) groups is 1. The summed E-state index contributed by atoms with van der Waals surface area (Å²) in [7, 11) is 0. The molecule has 0 spiro atoms. The van der Waals surface area contributed by atoms with Crippen LogP contribution in [0.2, 0.25) is 0 Å². The lowest BCUT2D eigenvalue weighted by atomic mass is 9.87. The van der Waals surface area contributed by atoms with Crippen molar-refractivity contribution in [2.75, 3.05) is 13.1 Å². The Labute approximate surface area is 140 Å². The molecular formula is C17H21N3O2S. The van der Waals surface area contributed by atoms with Crippen molar-refractivity contribution in [1.29, 1.82) is 0 Å². The van der Waals surface area contributed by atoms with Gasteiger partial charge >= 0.3 is 0 Å². The molecule has 1 amide bonds. The fourth-order valence-electron chi connectivity index (χ4n) is 3.09. The highest BCUT2D eigenvalue weighted by Gasteiger charge is 2.30. The maximum absolute atomic E-state index is 12.6. The number of hydrogen-bond donors (Lipinski definition) is 1. The van der Waals surface area contributed by atoms with E-state index in [1.165, 1.54) is 11.5 Å². The summed E-state index contributed by atoms with van der Waals surface area (Å²) >= 11 is 1.18. The monoisotopic (exact) mass is 331 g/mol. The van der Waals surface area contributed by atoms with Gasteiger partial charge in [0.15, 0.2) is 0 Å². The van der Waals surface area contributed by atoms with Gasteiger partial charge in [-0.2, -0.15) is 0 Å². The molecule has 0 aliphatic carbocycles. The second-order valence-corrected chi connectivity index (χ2v) is 6.64. The smallest absolute Gasteiger partial charge is 0.267 e. The van der Waals surface area contributed by atoms with Crippen LogP contribution in [-0.4, -0.2) is 38.6 Å². The molecule has 1 fully saturated rings. The van der Waals surface area contributed by atoms with Crippen molar-refractivity contribution in [2.24, 2.45) is 5.92 Å². The minimum absolute atomic E-state index is 0.0319. The molecule has 2 aromatic rings. The van der Waals surface area contributed by atoms with Gasteiger partial charge in [-0.05, 0) is 42.3 Å². The van der Waals surface area contributed by atoms with E-state index >= 15 is 0 Å². The van der Waals surface area contributed by atoms with Gasteiger partial charge in [0.05, 0.1) is 11.8 Å². The Hall–Kier alpha value is -1.79. The number of nitrogens with zero attached hydrogens (tertiary/aromatic N) is 3. The topological polar surface area (TPSA) is 66.3 Å². The Kier molecular flexibility index (Phi) is 5.03. The number of carbonyl (C=O) groups excluding carboxylic acids is 1. The van der Waals surface area contributed by atoms with E-state index in [2.05, 4.69) is 9.59 Å². The van der Waals surface area contributed by atoms with Crippen LogP contribution in [0, 0.1) is 5.92 Å². The lowest BCUT2D eigenvalue weighted by molar-refractivity contribution is 0.0464. The van der Waals surface area contributed by atoms with Crippen LogP contribution in [0.1, 0.15) is 46.8 Å². The molecule has 122 valence electrons. The number of hydrogen-bond acceptors (Lipinski definition) is 5. The first-order valence-corrected chi connectivity index (χ1v) is 8.81. The third-order valence-electron chi connectivity index (χ3n) is 4.50. The van der Waals surface area contributed by atoms with Gasteiger partial charge in [0.1, 0.15) is 4.88 Å². The van der Waals surface area contributed by atoms with Gasteiger partial charge in [0.25, 0.3) is 5.91 Å². The molecule has 0 radical (unpaired) electrons. The molecule has 3 rings (SSSR count). The number of aliphatic hydroxyl groups is 1. The van der Waals surface area contributed by atoms with E-state index in [0.29, 0.717) is 18.0 Å². The summed E-state index contributed by atoms with van der Waals surface area (Å²) in [6.07, 6.45) is 1.90. The molecule has 0 saturated carbocycles. The van der Waals surface area contributed by atoms with E-state index < -0.39 is 6.10 Å². The van der Waals surface area contributed by atoms with Gasteiger partial charge in [0.2, 0.25) is 0 Å². The third kappa shape index (κ3) is 3.43. The zero-order chi connectivity index (χ0) is 16.2. The second-order valence-electron chi connectivity index (χ2n) is 5.89. The SMILES string of the molecule is CCc1nnsc1C(=O)N1CCC([C@@H](O)c2ccccc2)CC1. The minimum Gasteiger partial charge on any atom is -0.388 e. The molecule has 1 aromatic carbocycles. The second kappa shape index (κ2) is 7.19. The van der Waals surface area contributed by atoms with Crippen LogP contribution < -0.4 is 0 Å². The predicted molar refractivity (Wildman–Crippen MR) is 89.3 cm³/mol. The highest BCUT2D eigenvalue weighted by atomic mass is 32.1. The van der Waals surface area contributed by atoms with Gasteiger partial charge < -0.3 is 10.0 Å². The number of aromatic nitrogens is 2. The molecule has 2 heterocycles. The number of aryl methyl sites for hydroxylation is 1. The first-order valence-electron chi connectivity index (χ1n) is 8.04. The van der Waals surface area contributed by atoms with Crippen LogP contribution in [0.4, 0.5) is 0 Å². The summed E-state index contributed by atoms with van der Waals surface area (Å²) in [6.45, 7) is 3.33. The zero-order valence-electron chi connectivity index (χ0n) is 13.2. The minimum atomic E-state index is -0.454. The maximum Gasteiger partial charge on any atom is 0.267 e. The van der Waals surface area contributed by atoms with Gasteiger partial charge in [-0.15, -0.1) is 5.10 Å². The first kappa shape index (κ1) is 16.1. The van der Waals surface area contributed by atoms with Crippen molar-refractivity contribution in [3.05, 3.63) is 46.5 Å². The van der Waals surface area contributed by atoms with E-state index in [1.807, 2.05) is 42.2 Å². The first-order chi connectivity index (χ1) is 11.2. The summed E-state index contributed by atoms with van der Waals surface area (Å²) in [6, 6.07) is 9.75. The Bertz CT molecular complexity index is 651. The molecule has 5 nitrogen and oxygen atoms in total. The van der Waals surface area contributed by atoms with Crippen LogP contribution in [0.3, 0.4) is 0 Å². The average Bonchev–Trinajstić information content (AvgIpc) is 3.10. The van der Waals surface area contributed by atoms with Gasteiger partial charge in [-0.1, -0.05) is 41.7 Å². The number of piperidine rings is 1. The van der Waals surface area contributed by atoms with E-state index in [1.54, 1.807) is 0 Å². The van der Waals surface area contributed by atoms with Crippen molar-refractivity contribution in [2.45, 2.75) is 32.3 Å². The normalized spacial score (nSPS) is 17.2. The summed E-state index contributed by atoms with van der Waals surface area (Å²) in [5.41, 5.74) is 1.74. The molecule has 6 heteroatoms.